The summed E-state index contributed by atoms with van der Waals surface area (Å²) in [6.45, 7) is 3.86. The molecule has 5 rings (SSSR count). The summed E-state index contributed by atoms with van der Waals surface area (Å²) in [5.41, 5.74) is 3.46. The van der Waals surface area contributed by atoms with Gasteiger partial charge in [0.05, 0.1) is 28.0 Å². The fourth-order valence-corrected chi connectivity index (χ4v) is 5.21. The van der Waals surface area contributed by atoms with Crippen LogP contribution in [0.3, 0.4) is 0 Å². The van der Waals surface area contributed by atoms with Crippen LogP contribution in [0, 0.1) is 24.1 Å². The number of hydrogen-bond donors (Lipinski definition) is 2. The molecule has 0 aliphatic carbocycles. The number of hydrogen-bond acceptors (Lipinski definition) is 7. The van der Waals surface area contributed by atoms with Gasteiger partial charge in [-0.25, -0.2) is 4.39 Å². The van der Waals surface area contributed by atoms with E-state index in [0.717, 1.165) is 21.5 Å². The molecule has 0 radical (unpaired) electrons. The quantitative estimate of drug-likeness (QED) is 0.291. The SMILES string of the molecule is Cc1ccc2[nH]ncc2c1-c1c(Cl)cc2c(N3CCN(C(=O)/C=C/CN(C)O)CC3)c(C#N)cnc2c1F. The van der Waals surface area contributed by atoms with Gasteiger partial charge < -0.3 is 15.0 Å². The Labute approximate surface area is 223 Å². The third kappa shape index (κ3) is 4.56. The smallest absolute Gasteiger partial charge is 0.246 e. The molecule has 11 heteroatoms. The zero-order chi connectivity index (χ0) is 27.0. The first-order valence-corrected chi connectivity index (χ1v) is 12.4. The number of nitriles is 1. The van der Waals surface area contributed by atoms with Crippen molar-refractivity contribution in [1.82, 2.24) is 25.1 Å². The Morgan fingerprint density at radius 3 is 2.74 bits per heavy atom. The topological polar surface area (TPSA) is 112 Å². The van der Waals surface area contributed by atoms with Gasteiger partial charge in [-0.3, -0.25) is 14.9 Å². The molecule has 0 atom stereocenters. The van der Waals surface area contributed by atoms with Crippen molar-refractivity contribution in [2.45, 2.75) is 6.92 Å². The molecular weight excluding hydrogens is 509 g/mol. The molecule has 0 unspecified atom stereocenters. The summed E-state index contributed by atoms with van der Waals surface area (Å²) in [5.74, 6) is -0.725. The van der Waals surface area contributed by atoms with E-state index in [2.05, 4.69) is 21.3 Å². The maximum atomic E-state index is 16.2. The van der Waals surface area contributed by atoms with Gasteiger partial charge in [-0.2, -0.15) is 15.4 Å². The summed E-state index contributed by atoms with van der Waals surface area (Å²) in [6.07, 6.45) is 6.06. The second-order valence-electron chi connectivity index (χ2n) is 9.22. The van der Waals surface area contributed by atoms with E-state index >= 15 is 4.39 Å². The first-order valence-electron chi connectivity index (χ1n) is 12.0. The lowest BCUT2D eigenvalue weighted by molar-refractivity contribution is -0.126. The average Bonchev–Trinajstić information content (AvgIpc) is 3.38. The lowest BCUT2D eigenvalue weighted by Crippen LogP contribution is -2.48. The third-order valence-corrected chi connectivity index (χ3v) is 7.06. The molecule has 194 valence electrons. The van der Waals surface area contributed by atoms with Crippen molar-refractivity contribution in [3.8, 4) is 17.2 Å². The van der Waals surface area contributed by atoms with E-state index in [4.69, 9.17) is 11.6 Å². The van der Waals surface area contributed by atoms with E-state index in [1.165, 1.54) is 19.3 Å². The van der Waals surface area contributed by atoms with Crippen LogP contribution >= 0.6 is 11.6 Å². The Balaban J connectivity index is 1.53. The number of aryl methyl sites for hydroxylation is 1. The Bertz CT molecular complexity index is 1620. The third-order valence-electron chi connectivity index (χ3n) is 6.77. The molecule has 1 aliphatic heterocycles. The van der Waals surface area contributed by atoms with Gasteiger partial charge >= 0.3 is 0 Å². The molecule has 2 aromatic carbocycles. The number of halogens is 2. The number of pyridine rings is 1. The van der Waals surface area contributed by atoms with Gasteiger partial charge in [0.1, 0.15) is 11.6 Å². The number of nitrogens with one attached hydrogen (secondary N) is 1. The van der Waals surface area contributed by atoms with Crippen molar-refractivity contribution in [3.63, 3.8) is 0 Å². The Hall–Kier alpha value is -4.04. The van der Waals surface area contributed by atoms with Gasteiger partial charge in [-0.15, -0.1) is 0 Å². The lowest BCUT2D eigenvalue weighted by Gasteiger charge is -2.36. The van der Waals surface area contributed by atoms with Crippen LogP contribution in [0.1, 0.15) is 11.1 Å². The van der Waals surface area contributed by atoms with Crippen LogP contribution < -0.4 is 4.90 Å². The second-order valence-corrected chi connectivity index (χ2v) is 9.63. The minimum Gasteiger partial charge on any atom is -0.366 e. The summed E-state index contributed by atoms with van der Waals surface area (Å²) in [6, 6.07) is 7.60. The van der Waals surface area contributed by atoms with Gasteiger partial charge in [0.15, 0.2) is 5.82 Å². The van der Waals surface area contributed by atoms with E-state index in [1.807, 2.05) is 24.0 Å². The van der Waals surface area contributed by atoms with Gasteiger partial charge in [0, 0.05) is 73.9 Å². The summed E-state index contributed by atoms with van der Waals surface area (Å²) >= 11 is 6.74. The number of carbonyl (C=O) groups excluding carboxylic acids is 1. The van der Waals surface area contributed by atoms with Crippen LogP contribution in [0.2, 0.25) is 5.02 Å². The van der Waals surface area contributed by atoms with Crippen molar-refractivity contribution in [1.29, 1.82) is 5.26 Å². The van der Waals surface area contributed by atoms with E-state index in [9.17, 15) is 15.3 Å². The molecule has 1 fully saturated rings. The fourth-order valence-electron chi connectivity index (χ4n) is 4.92. The molecule has 3 heterocycles. The number of hydroxylamine groups is 2. The summed E-state index contributed by atoms with van der Waals surface area (Å²) < 4.78 is 16.2. The van der Waals surface area contributed by atoms with Crippen molar-refractivity contribution in [2.24, 2.45) is 0 Å². The molecule has 1 aliphatic rings. The number of aromatic nitrogens is 3. The molecule has 2 aromatic heterocycles. The number of aromatic amines is 1. The molecule has 0 bridgehead atoms. The zero-order valence-corrected chi connectivity index (χ0v) is 21.6. The van der Waals surface area contributed by atoms with Crippen LogP contribution in [-0.2, 0) is 4.79 Å². The zero-order valence-electron chi connectivity index (χ0n) is 20.9. The molecule has 1 amide bonds. The number of benzene rings is 2. The molecule has 2 N–H and O–H groups in total. The highest BCUT2D eigenvalue weighted by molar-refractivity contribution is 6.35. The molecule has 38 heavy (non-hydrogen) atoms. The number of fused-ring (bicyclic) bond motifs is 2. The summed E-state index contributed by atoms with van der Waals surface area (Å²) in [7, 11) is 1.50. The normalized spacial score (nSPS) is 14.2. The number of rotatable bonds is 5. The van der Waals surface area contributed by atoms with E-state index in [0.29, 0.717) is 48.4 Å². The van der Waals surface area contributed by atoms with E-state index < -0.39 is 5.82 Å². The fraction of sp³-hybridized carbons (Fsp3) is 0.259. The van der Waals surface area contributed by atoms with Crippen LogP contribution in [0.5, 0.6) is 0 Å². The second kappa shape index (κ2) is 10.4. The number of piperazine rings is 1. The summed E-state index contributed by atoms with van der Waals surface area (Å²) in [5, 5.41) is 28.4. The van der Waals surface area contributed by atoms with E-state index in [-0.39, 0.29) is 28.6 Å². The summed E-state index contributed by atoms with van der Waals surface area (Å²) in [4.78, 5) is 20.5. The number of H-pyrrole nitrogens is 1. The largest absolute Gasteiger partial charge is 0.366 e. The molecular formula is C27H25ClFN7O2. The van der Waals surface area contributed by atoms with Crippen molar-refractivity contribution < 1.29 is 14.4 Å². The monoisotopic (exact) mass is 533 g/mol. The van der Waals surface area contributed by atoms with Crippen LogP contribution in [0.15, 0.2) is 42.7 Å². The molecule has 0 spiro atoms. The van der Waals surface area contributed by atoms with Gasteiger partial charge in [-0.05, 0) is 24.6 Å². The first kappa shape index (κ1) is 25.6. The highest BCUT2D eigenvalue weighted by atomic mass is 35.5. The van der Waals surface area contributed by atoms with Gasteiger partial charge in [0.25, 0.3) is 0 Å². The predicted molar refractivity (Wildman–Crippen MR) is 144 cm³/mol. The number of carbonyl (C=O) groups is 1. The standard InChI is InChI=1S/C27H25ClFN7O2/c1-16-5-6-21-19(15-32-33-21)23(16)24-20(28)12-18-26(25(24)29)31-14-17(13-30)27(18)36-10-8-35(9-11-36)22(37)4-3-7-34(2)38/h3-6,12,14-15,38H,7-11H2,1-2H3,(H,32,33)/b4-3+. The van der Waals surface area contributed by atoms with Gasteiger partial charge in [0.2, 0.25) is 5.91 Å². The number of nitrogens with zero attached hydrogens (tertiary/aromatic N) is 6. The highest BCUT2D eigenvalue weighted by Gasteiger charge is 2.27. The highest BCUT2D eigenvalue weighted by Crippen LogP contribution is 2.42. The Morgan fingerprint density at radius 2 is 2.03 bits per heavy atom. The van der Waals surface area contributed by atoms with E-state index in [1.54, 1.807) is 23.2 Å². The number of amides is 1. The molecule has 1 saturated heterocycles. The van der Waals surface area contributed by atoms with Crippen LogP contribution in [-0.4, -0.2) is 76.0 Å². The van der Waals surface area contributed by atoms with Crippen molar-refractivity contribution >= 4 is 45.0 Å². The maximum absolute atomic E-state index is 16.2. The predicted octanol–water partition coefficient (Wildman–Crippen LogP) is 4.28. The number of likely N-dealkylation sites (N-methyl/N-ethyl adjacent to an activating group) is 1. The minimum absolute atomic E-state index is 0.118. The Morgan fingerprint density at radius 1 is 1.26 bits per heavy atom. The van der Waals surface area contributed by atoms with Crippen molar-refractivity contribution in [2.75, 3.05) is 44.7 Å². The molecule has 4 aromatic rings. The van der Waals surface area contributed by atoms with Crippen LogP contribution in [0.25, 0.3) is 32.9 Å². The Kier molecular flexibility index (Phi) is 6.99. The molecule has 0 saturated carbocycles. The maximum Gasteiger partial charge on any atom is 0.246 e. The molecule has 9 nitrogen and oxygen atoms in total. The van der Waals surface area contributed by atoms with Crippen molar-refractivity contribution in [3.05, 3.63) is 64.7 Å². The first-order chi connectivity index (χ1) is 18.3. The van der Waals surface area contributed by atoms with Crippen LogP contribution in [0.4, 0.5) is 10.1 Å². The van der Waals surface area contributed by atoms with Gasteiger partial charge in [-0.1, -0.05) is 23.7 Å². The minimum atomic E-state index is -0.567. The number of anilines is 1. The average molecular weight is 534 g/mol. The lowest BCUT2D eigenvalue weighted by atomic mass is 9.94.